The average Bonchev–Trinajstić information content (AvgIpc) is 2.58. The van der Waals surface area contributed by atoms with E-state index >= 15 is 0 Å². The summed E-state index contributed by atoms with van der Waals surface area (Å²) < 4.78 is 18.6. The highest BCUT2D eigenvalue weighted by molar-refractivity contribution is 6.35. The Hall–Kier alpha value is -1.55. The van der Waals surface area contributed by atoms with Crippen molar-refractivity contribution in [1.29, 1.82) is 0 Å². The molecule has 0 spiro atoms. The van der Waals surface area contributed by atoms with Crippen molar-refractivity contribution in [2.75, 3.05) is 6.61 Å². The fraction of sp³-hybridized carbons (Fsp3) is 0.182. The molecule has 0 amide bonds. The second-order valence-electron chi connectivity index (χ2n) is 3.20. The fourth-order valence-corrected chi connectivity index (χ4v) is 1.77. The number of fused-ring (bicyclic) bond motifs is 1. The highest BCUT2D eigenvalue weighted by Crippen LogP contribution is 2.28. The Balaban J connectivity index is 2.61. The third kappa shape index (κ3) is 1.65. The molecule has 0 aliphatic rings. The lowest BCUT2D eigenvalue weighted by Crippen LogP contribution is -2.06. The van der Waals surface area contributed by atoms with Gasteiger partial charge in [0.25, 0.3) is 0 Å². The molecule has 2 rings (SSSR count). The molecule has 0 bridgehead atoms. The SMILES string of the molecule is CCOC(=O)c1[nH]c2cccc(Cl)c2c1F. The first-order chi connectivity index (χ1) is 7.65. The number of hydrogen-bond acceptors (Lipinski definition) is 2. The number of aromatic nitrogens is 1. The standard InChI is InChI=1S/C11H9ClFNO2/c1-2-16-11(15)10-9(13)8-6(12)4-3-5-7(8)14-10/h3-5,14H,2H2,1H3. The van der Waals surface area contributed by atoms with E-state index in [0.717, 1.165) is 0 Å². The molecule has 1 N–H and O–H groups in total. The predicted octanol–water partition coefficient (Wildman–Crippen LogP) is 3.14. The molecule has 1 aromatic heterocycles. The van der Waals surface area contributed by atoms with Crippen molar-refractivity contribution < 1.29 is 13.9 Å². The summed E-state index contributed by atoms with van der Waals surface area (Å²) >= 11 is 5.85. The van der Waals surface area contributed by atoms with E-state index in [-0.39, 0.29) is 22.7 Å². The molecule has 84 valence electrons. The number of carbonyl (C=O) groups is 1. The van der Waals surface area contributed by atoms with Crippen LogP contribution in [0.3, 0.4) is 0 Å². The van der Waals surface area contributed by atoms with Crippen molar-refractivity contribution in [3.05, 3.63) is 34.7 Å². The largest absolute Gasteiger partial charge is 0.461 e. The zero-order chi connectivity index (χ0) is 11.7. The summed E-state index contributed by atoms with van der Waals surface area (Å²) in [6.45, 7) is 1.85. The van der Waals surface area contributed by atoms with E-state index in [2.05, 4.69) is 4.98 Å². The minimum atomic E-state index is -0.715. The third-order valence-corrected chi connectivity index (χ3v) is 2.51. The van der Waals surface area contributed by atoms with Crippen LogP contribution in [0.1, 0.15) is 17.4 Å². The van der Waals surface area contributed by atoms with E-state index in [1.54, 1.807) is 25.1 Å². The van der Waals surface area contributed by atoms with Gasteiger partial charge in [0, 0.05) is 0 Å². The molecule has 0 atom stereocenters. The third-order valence-electron chi connectivity index (χ3n) is 2.19. The van der Waals surface area contributed by atoms with Gasteiger partial charge in [0.05, 0.1) is 22.5 Å². The predicted molar refractivity (Wildman–Crippen MR) is 59.2 cm³/mol. The van der Waals surface area contributed by atoms with Crippen molar-refractivity contribution >= 4 is 28.5 Å². The molecule has 0 aliphatic carbocycles. The molecule has 0 unspecified atom stereocenters. The number of aromatic amines is 1. The second kappa shape index (κ2) is 4.14. The first kappa shape index (κ1) is 11.0. The van der Waals surface area contributed by atoms with Crippen LogP contribution in [0.4, 0.5) is 4.39 Å². The minimum absolute atomic E-state index is 0.190. The molecule has 16 heavy (non-hydrogen) atoms. The van der Waals surface area contributed by atoms with Gasteiger partial charge >= 0.3 is 5.97 Å². The van der Waals surface area contributed by atoms with Gasteiger partial charge in [0.2, 0.25) is 0 Å². The van der Waals surface area contributed by atoms with Gasteiger partial charge in [-0.1, -0.05) is 17.7 Å². The highest BCUT2D eigenvalue weighted by Gasteiger charge is 2.20. The van der Waals surface area contributed by atoms with Crippen molar-refractivity contribution in [2.45, 2.75) is 6.92 Å². The highest BCUT2D eigenvalue weighted by atomic mass is 35.5. The fourth-order valence-electron chi connectivity index (χ4n) is 1.51. The molecule has 0 radical (unpaired) electrons. The Morgan fingerprint density at radius 2 is 2.31 bits per heavy atom. The topological polar surface area (TPSA) is 42.1 Å². The van der Waals surface area contributed by atoms with E-state index in [0.29, 0.717) is 5.52 Å². The number of benzene rings is 1. The monoisotopic (exact) mass is 241 g/mol. The molecular weight excluding hydrogens is 233 g/mol. The first-order valence-electron chi connectivity index (χ1n) is 4.78. The maximum Gasteiger partial charge on any atom is 0.357 e. The van der Waals surface area contributed by atoms with E-state index in [1.807, 2.05) is 0 Å². The molecule has 0 fully saturated rings. The smallest absolute Gasteiger partial charge is 0.357 e. The number of H-pyrrole nitrogens is 1. The summed E-state index contributed by atoms with van der Waals surface area (Å²) in [7, 11) is 0. The molecule has 2 aromatic rings. The van der Waals surface area contributed by atoms with Crippen LogP contribution < -0.4 is 0 Å². The van der Waals surface area contributed by atoms with Gasteiger partial charge in [0.15, 0.2) is 11.5 Å². The average molecular weight is 242 g/mol. The van der Waals surface area contributed by atoms with Gasteiger partial charge in [-0.3, -0.25) is 0 Å². The lowest BCUT2D eigenvalue weighted by Gasteiger charge is -1.97. The van der Waals surface area contributed by atoms with Crippen LogP contribution in [0.2, 0.25) is 5.02 Å². The molecule has 5 heteroatoms. The second-order valence-corrected chi connectivity index (χ2v) is 3.60. The van der Waals surface area contributed by atoms with Crippen molar-refractivity contribution in [1.82, 2.24) is 4.98 Å². The Morgan fingerprint density at radius 3 is 2.94 bits per heavy atom. The van der Waals surface area contributed by atoms with Crippen LogP contribution in [-0.2, 0) is 4.74 Å². The van der Waals surface area contributed by atoms with Gasteiger partial charge in [-0.2, -0.15) is 0 Å². The van der Waals surface area contributed by atoms with E-state index < -0.39 is 11.8 Å². The maximum absolute atomic E-state index is 13.8. The number of halogens is 2. The summed E-state index contributed by atoms with van der Waals surface area (Å²) in [6, 6.07) is 4.89. The van der Waals surface area contributed by atoms with Gasteiger partial charge in [0.1, 0.15) is 0 Å². The number of hydrogen-bond donors (Lipinski definition) is 1. The van der Waals surface area contributed by atoms with Crippen molar-refractivity contribution in [3.8, 4) is 0 Å². The lowest BCUT2D eigenvalue weighted by molar-refractivity contribution is 0.0515. The van der Waals surface area contributed by atoms with Gasteiger partial charge in [-0.15, -0.1) is 0 Å². The number of nitrogens with one attached hydrogen (secondary N) is 1. The molecule has 1 aromatic carbocycles. The van der Waals surface area contributed by atoms with E-state index in [1.165, 1.54) is 0 Å². The zero-order valence-corrected chi connectivity index (χ0v) is 9.27. The quantitative estimate of drug-likeness (QED) is 0.821. The van der Waals surface area contributed by atoms with Gasteiger partial charge < -0.3 is 9.72 Å². The Bertz CT molecular complexity index is 550. The number of rotatable bonds is 2. The zero-order valence-electron chi connectivity index (χ0n) is 8.51. The molecule has 0 aliphatic heterocycles. The molecule has 3 nitrogen and oxygen atoms in total. The minimum Gasteiger partial charge on any atom is -0.461 e. The van der Waals surface area contributed by atoms with Gasteiger partial charge in [-0.05, 0) is 19.1 Å². The van der Waals surface area contributed by atoms with Crippen LogP contribution in [-0.4, -0.2) is 17.6 Å². The first-order valence-corrected chi connectivity index (χ1v) is 5.15. The summed E-state index contributed by atoms with van der Waals surface area (Å²) in [6.07, 6.45) is 0. The van der Waals surface area contributed by atoms with Crippen LogP contribution >= 0.6 is 11.6 Å². The van der Waals surface area contributed by atoms with Gasteiger partial charge in [-0.25, -0.2) is 9.18 Å². The summed E-state index contributed by atoms with van der Waals surface area (Å²) in [5.74, 6) is -1.38. The lowest BCUT2D eigenvalue weighted by atomic mass is 10.2. The van der Waals surface area contributed by atoms with Crippen LogP contribution in [0.15, 0.2) is 18.2 Å². The Kier molecular flexibility index (Phi) is 2.83. The number of ether oxygens (including phenoxy) is 1. The molecular formula is C11H9ClFNO2. The van der Waals surface area contributed by atoms with Crippen molar-refractivity contribution in [2.24, 2.45) is 0 Å². The maximum atomic E-state index is 13.8. The Morgan fingerprint density at radius 1 is 1.56 bits per heavy atom. The van der Waals surface area contributed by atoms with Crippen LogP contribution in [0, 0.1) is 5.82 Å². The van der Waals surface area contributed by atoms with Crippen molar-refractivity contribution in [3.63, 3.8) is 0 Å². The molecule has 0 saturated heterocycles. The summed E-state index contributed by atoms with van der Waals surface area (Å²) in [4.78, 5) is 14.1. The summed E-state index contributed by atoms with van der Waals surface area (Å²) in [5, 5.41) is 0.481. The summed E-state index contributed by atoms with van der Waals surface area (Å²) in [5.41, 5.74) is 0.290. The number of esters is 1. The van der Waals surface area contributed by atoms with Crippen LogP contribution in [0.25, 0.3) is 10.9 Å². The van der Waals surface area contributed by atoms with Crippen LogP contribution in [0.5, 0.6) is 0 Å². The van der Waals surface area contributed by atoms with E-state index in [9.17, 15) is 9.18 Å². The Labute approximate surface area is 96.2 Å². The van der Waals surface area contributed by atoms with E-state index in [4.69, 9.17) is 16.3 Å². The number of carbonyl (C=O) groups excluding carboxylic acids is 1. The molecule has 1 heterocycles. The molecule has 0 saturated carbocycles. The normalized spacial score (nSPS) is 10.7.